The molecule has 0 N–H and O–H groups in total. The molecule has 2 fully saturated rings. The Balaban J connectivity index is 1.64. The monoisotopic (exact) mass is 623 g/mol. The summed E-state index contributed by atoms with van der Waals surface area (Å²) in [6.45, 7) is 3.91. The van der Waals surface area contributed by atoms with Crippen LogP contribution in [-0.4, -0.2) is 73.4 Å². The number of amides is 2. The van der Waals surface area contributed by atoms with Crippen molar-refractivity contribution in [3.05, 3.63) is 70.0 Å². The van der Waals surface area contributed by atoms with Crippen LogP contribution in [0.4, 0.5) is 35.5 Å². The minimum atomic E-state index is -5.03. The fourth-order valence-corrected chi connectivity index (χ4v) is 6.95. The van der Waals surface area contributed by atoms with Gasteiger partial charge in [-0.2, -0.15) is 26.3 Å². The van der Waals surface area contributed by atoms with Crippen molar-refractivity contribution in [2.75, 3.05) is 38.2 Å². The van der Waals surface area contributed by atoms with Crippen LogP contribution in [0.5, 0.6) is 0 Å². The maximum atomic E-state index is 14.0. The number of aryl methyl sites for hydroxylation is 1. The van der Waals surface area contributed by atoms with Crippen LogP contribution in [0.25, 0.3) is 0 Å². The molecule has 14 heteroatoms. The standard InChI is InChI=1S/C28H32F7N3O3S/c1-17-12-22(29)4-5-24(17)25-16-23(37-8-10-42(40,41)11-9-37)6-7-38(25)26(39)36(3)18(2)19-13-20(27(30,31)32)15-21(14-19)28(33,34)35/h4-5,12-15,18,23,25H,6-11,16H2,1-3H3/t18-,23+,25+/m0/s1. The molecular formula is C28H32F7N3O3S. The molecule has 0 aliphatic carbocycles. The number of carbonyl (C=O) groups excluding carboxylic acids is 1. The number of benzene rings is 2. The van der Waals surface area contributed by atoms with E-state index in [0.29, 0.717) is 49.2 Å². The summed E-state index contributed by atoms with van der Waals surface area (Å²) in [5.41, 5.74) is -2.04. The Morgan fingerprint density at radius 2 is 1.52 bits per heavy atom. The van der Waals surface area contributed by atoms with Gasteiger partial charge >= 0.3 is 18.4 Å². The van der Waals surface area contributed by atoms with Crippen LogP contribution in [-0.2, 0) is 22.2 Å². The molecule has 6 nitrogen and oxygen atoms in total. The number of nitrogens with zero attached hydrogens (tertiary/aromatic N) is 3. The second-order valence-corrected chi connectivity index (χ2v) is 13.3. The highest BCUT2D eigenvalue weighted by atomic mass is 32.2. The Hall–Kier alpha value is -2.87. The van der Waals surface area contributed by atoms with E-state index in [9.17, 15) is 43.9 Å². The number of rotatable bonds is 4. The van der Waals surface area contributed by atoms with Gasteiger partial charge in [-0.25, -0.2) is 17.6 Å². The normalized spacial score (nSPS) is 22.6. The van der Waals surface area contributed by atoms with Gasteiger partial charge in [-0.15, -0.1) is 0 Å². The molecule has 0 spiro atoms. The summed E-state index contributed by atoms with van der Waals surface area (Å²) in [6, 6.07) is 2.98. The maximum Gasteiger partial charge on any atom is 0.416 e. The van der Waals surface area contributed by atoms with Gasteiger partial charge in [0.2, 0.25) is 0 Å². The quantitative estimate of drug-likeness (QED) is 0.380. The summed E-state index contributed by atoms with van der Waals surface area (Å²) in [5, 5.41) is 0. The molecule has 232 valence electrons. The van der Waals surface area contributed by atoms with Gasteiger partial charge in [0, 0.05) is 32.7 Å². The largest absolute Gasteiger partial charge is 0.416 e. The van der Waals surface area contributed by atoms with Gasteiger partial charge in [0.05, 0.1) is 34.7 Å². The van der Waals surface area contributed by atoms with Crippen molar-refractivity contribution >= 4 is 15.9 Å². The highest BCUT2D eigenvalue weighted by Gasteiger charge is 2.41. The summed E-state index contributed by atoms with van der Waals surface area (Å²) >= 11 is 0. The predicted molar refractivity (Wildman–Crippen MR) is 142 cm³/mol. The molecule has 2 aliphatic rings. The highest BCUT2D eigenvalue weighted by Crippen LogP contribution is 2.40. The minimum absolute atomic E-state index is 0.0174. The molecular weight excluding hydrogens is 591 g/mol. The molecule has 0 bridgehead atoms. The summed E-state index contributed by atoms with van der Waals surface area (Å²) in [7, 11) is -1.81. The minimum Gasteiger partial charge on any atom is -0.321 e. The third-order valence-corrected chi connectivity index (χ3v) is 9.89. The zero-order valence-corrected chi connectivity index (χ0v) is 24.1. The molecule has 4 rings (SSSR count). The molecule has 0 saturated carbocycles. The number of urea groups is 1. The average Bonchev–Trinajstić information content (AvgIpc) is 2.90. The highest BCUT2D eigenvalue weighted by molar-refractivity contribution is 7.91. The molecule has 0 aromatic heterocycles. The van der Waals surface area contributed by atoms with Gasteiger partial charge in [-0.1, -0.05) is 6.07 Å². The average molecular weight is 624 g/mol. The van der Waals surface area contributed by atoms with E-state index >= 15 is 0 Å². The maximum absolute atomic E-state index is 14.0. The molecule has 2 heterocycles. The van der Waals surface area contributed by atoms with Crippen LogP contribution in [0, 0.1) is 12.7 Å². The second kappa shape index (κ2) is 11.7. The number of carbonyl (C=O) groups is 1. The van der Waals surface area contributed by atoms with Gasteiger partial charge in [0.15, 0.2) is 9.84 Å². The first-order valence-corrected chi connectivity index (χ1v) is 15.2. The molecule has 2 saturated heterocycles. The van der Waals surface area contributed by atoms with Crippen molar-refractivity contribution in [2.24, 2.45) is 0 Å². The number of alkyl halides is 6. The Morgan fingerprint density at radius 1 is 0.952 bits per heavy atom. The van der Waals surface area contributed by atoms with E-state index < -0.39 is 57.2 Å². The van der Waals surface area contributed by atoms with Gasteiger partial charge in [0.1, 0.15) is 5.82 Å². The Kier molecular flexibility index (Phi) is 8.90. The molecule has 42 heavy (non-hydrogen) atoms. The van der Waals surface area contributed by atoms with E-state index in [2.05, 4.69) is 4.90 Å². The summed E-state index contributed by atoms with van der Waals surface area (Å²) in [4.78, 5) is 18.5. The van der Waals surface area contributed by atoms with Crippen LogP contribution in [0.3, 0.4) is 0 Å². The lowest BCUT2D eigenvalue weighted by Crippen LogP contribution is -2.54. The van der Waals surface area contributed by atoms with Crippen molar-refractivity contribution < 1.29 is 43.9 Å². The first kappa shape index (κ1) is 32.1. The number of hydrogen-bond donors (Lipinski definition) is 0. The molecule has 0 unspecified atom stereocenters. The van der Waals surface area contributed by atoms with Crippen molar-refractivity contribution in [1.29, 1.82) is 0 Å². The smallest absolute Gasteiger partial charge is 0.321 e. The van der Waals surface area contributed by atoms with Gasteiger partial charge in [-0.05, 0) is 73.7 Å². The summed E-state index contributed by atoms with van der Waals surface area (Å²) in [5.74, 6) is -0.439. The number of sulfone groups is 1. The topological polar surface area (TPSA) is 60.9 Å². The van der Waals surface area contributed by atoms with Crippen molar-refractivity contribution in [3.8, 4) is 0 Å². The molecule has 3 atom stereocenters. The molecule has 2 aliphatic heterocycles. The molecule has 2 aromatic carbocycles. The van der Waals surface area contributed by atoms with E-state index in [4.69, 9.17) is 0 Å². The van der Waals surface area contributed by atoms with Crippen molar-refractivity contribution in [3.63, 3.8) is 0 Å². The Bertz CT molecular complexity index is 1380. The zero-order chi connectivity index (χ0) is 31.2. The summed E-state index contributed by atoms with van der Waals surface area (Å²) in [6.07, 6.45) is -9.19. The van der Waals surface area contributed by atoms with E-state index in [0.717, 1.165) is 4.90 Å². The van der Waals surface area contributed by atoms with Crippen LogP contribution >= 0.6 is 0 Å². The van der Waals surface area contributed by atoms with Crippen molar-refractivity contribution in [2.45, 2.75) is 57.2 Å². The van der Waals surface area contributed by atoms with E-state index in [-0.39, 0.29) is 35.7 Å². The number of piperidine rings is 1. The Labute approximate surface area is 240 Å². The SMILES string of the molecule is Cc1cc(F)ccc1[C@H]1C[C@H](N2CCS(=O)(=O)CC2)CCN1C(=O)N(C)[C@@H](C)c1cc(C(F)(F)F)cc(C(F)(F)F)c1. The fourth-order valence-electron chi connectivity index (χ4n) is 5.72. The number of likely N-dealkylation sites (tertiary alicyclic amines) is 1. The Morgan fingerprint density at radius 3 is 2.05 bits per heavy atom. The number of hydrogen-bond acceptors (Lipinski definition) is 4. The predicted octanol–water partition coefficient (Wildman–Crippen LogP) is 6.22. The molecule has 2 aromatic rings. The van der Waals surface area contributed by atoms with Crippen LogP contribution in [0.2, 0.25) is 0 Å². The van der Waals surface area contributed by atoms with Crippen LogP contribution in [0.15, 0.2) is 36.4 Å². The van der Waals surface area contributed by atoms with Crippen LogP contribution < -0.4 is 0 Å². The van der Waals surface area contributed by atoms with Crippen molar-refractivity contribution in [1.82, 2.24) is 14.7 Å². The van der Waals surface area contributed by atoms with Gasteiger partial charge < -0.3 is 9.80 Å². The fraction of sp³-hybridized carbons (Fsp3) is 0.536. The van der Waals surface area contributed by atoms with E-state index in [1.165, 1.54) is 31.0 Å². The molecule has 0 radical (unpaired) electrons. The zero-order valence-electron chi connectivity index (χ0n) is 23.3. The van der Waals surface area contributed by atoms with E-state index in [1.807, 2.05) is 0 Å². The van der Waals surface area contributed by atoms with E-state index in [1.54, 1.807) is 13.0 Å². The lowest BCUT2D eigenvalue weighted by Gasteiger charge is -2.46. The van der Waals surface area contributed by atoms with Gasteiger partial charge in [-0.3, -0.25) is 4.90 Å². The number of halogens is 7. The lowest BCUT2D eigenvalue weighted by atomic mass is 9.88. The summed E-state index contributed by atoms with van der Waals surface area (Å²) < 4.78 is 119. The van der Waals surface area contributed by atoms with Crippen LogP contribution in [0.1, 0.15) is 59.7 Å². The first-order chi connectivity index (χ1) is 19.4. The lowest BCUT2D eigenvalue weighted by molar-refractivity contribution is -0.143. The third kappa shape index (κ3) is 7.01. The van der Waals surface area contributed by atoms with Gasteiger partial charge in [0.25, 0.3) is 0 Å². The first-order valence-electron chi connectivity index (χ1n) is 13.4. The molecule has 2 amide bonds. The third-order valence-electron chi connectivity index (χ3n) is 8.28. The second-order valence-electron chi connectivity index (χ2n) is 11.0.